The van der Waals surface area contributed by atoms with Crippen LogP contribution in [0.25, 0.3) is 11.1 Å². The number of hydrazine groups is 1. The van der Waals surface area contributed by atoms with Crippen molar-refractivity contribution in [1.82, 2.24) is 10.6 Å². The summed E-state index contributed by atoms with van der Waals surface area (Å²) < 4.78 is 0. The van der Waals surface area contributed by atoms with Crippen LogP contribution in [0.4, 0.5) is 5.69 Å². The summed E-state index contributed by atoms with van der Waals surface area (Å²) in [6, 6.07) is 11.9. The van der Waals surface area contributed by atoms with E-state index in [1.165, 1.54) is 0 Å². The lowest BCUT2D eigenvalue weighted by Gasteiger charge is -2.07. The van der Waals surface area contributed by atoms with Crippen LogP contribution in [0, 0.1) is 0 Å². The fraction of sp³-hybridized carbons (Fsp3) is 0.0833. The molecule has 0 aliphatic carbocycles. The van der Waals surface area contributed by atoms with Crippen molar-refractivity contribution < 1.29 is 4.84 Å². The smallest absolute Gasteiger partial charge is 0.0593 e. The number of pyridine rings is 1. The Labute approximate surface area is 94.2 Å². The van der Waals surface area contributed by atoms with Gasteiger partial charge in [-0.2, -0.15) is 0 Å². The summed E-state index contributed by atoms with van der Waals surface area (Å²) in [4.78, 5) is 8.81. The number of benzene rings is 1. The second-order valence-electron chi connectivity index (χ2n) is 3.25. The molecule has 1 aromatic carbocycles. The van der Waals surface area contributed by atoms with Crippen molar-refractivity contribution in [1.29, 1.82) is 0 Å². The van der Waals surface area contributed by atoms with Crippen molar-refractivity contribution in [3.63, 3.8) is 0 Å². The van der Waals surface area contributed by atoms with Gasteiger partial charge in [-0.05, 0) is 23.8 Å². The molecule has 0 saturated heterocycles. The van der Waals surface area contributed by atoms with Crippen LogP contribution in [0.2, 0.25) is 0 Å². The van der Waals surface area contributed by atoms with E-state index in [4.69, 9.17) is 4.84 Å². The Hall–Kier alpha value is -1.91. The van der Waals surface area contributed by atoms with Gasteiger partial charge in [-0.15, -0.1) is 5.59 Å². The van der Waals surface area contributed by atoms with Gasteiger partial charge in [0.25, 0.3) is 0 Å². The Kier molecular flexibility index (Phi) is 3.48. The second kappa shape index (κ2) is 5.25. The zero-order valence-corrected chi connectivity index (χ0v) is 8.97. The minimum Gasteiger partial charge on any atom is -0.299 e. The average Bonchev–Trinajstić information content (AvgIpc) is 2.38. The van der Waals surface area contributed by atoms with Crippen molar-refractivity contribution in [3.8, 4) is 11.1 Å². The fourth-order valence-electron chi connectivity index (χ4n) is 1.42. The van der Waals surface area contributed by atoms with E-state index in [9.17, 15) is 0 Å². The maximum atomic E-state index is 4.72. The average molecular weight is 215 g/mol. The number of hydrogen-bond donors (Lipinski definition) is 2. The van der Waals surface area contributed by atoms with Gasteiger partial charge >= 0.3 is 0 Å². The molecule has 2 rings (SSSR count). The highest BCUT2D eigenvalue weighted by molar-refractivity contribution is 5.66. The third-order valence-electron chi connectivity index (χ3n) is 2.15. The van der Waals surface area contributed by atoms with Gasteiger partial charge < -0.3 is 0 Å². The van der Waals surface area contributed by atoms with Crippen molar-refractivity contribution in [3.05, 3.63) is 48.8 Å². The first-order chi connectivity index (χ1) is 7.90. The van der Waals surface area contributed by atoms with Gasteiger partial charge in [0, 0.05) is 18.0 Å². The molecule has 16 heavy (non-hydrogen) atoms. The number of aromatic nitrogens is 1. The number of anilines is 1. The third kappa shape index (κ3) is 2.56. The Morgan fingerprint density at radius 2 is 2.00 bits per heavy atom. The van der Waals surface area contributed by atoms with Crippen LogP contribution in [0.15, 0.2) is 48.8 Å². The standard InChI is InChI=1S/C12H13N3O/c1-16-15-14-12-6-2-4-10(8-12)11-5-3-7-13-9-11/h2-9,14-15H,1H3. The van der Waals surface area contributed by atoms with Gasteiger partial charge in [0.2, 0.25) is 0 Å². The van der Waals surface area contributed by atoms with E-state index in [0.717, 1.165) is 16.8 Å². The number of nitrogens with one attached hydrogen (secondary N) is 2. The maximum absolute atomic E-state index is 4.72. The fourth-order valence-corrected chi connectivity index (χ4v) is 1.42. The van der Waals surface area contributed by atoms with E-state index in [1.54, 1.807) is 13.3 Å². The lowest BCUT2D eigenvalue weighted by atomic mass is 10.1. The molecule has 4 heteroatoms. The highest BCUT2D eigenvalue weighted by atomic mass is 16.7. The van der Waals surface area contributed by atoms with Gasteiger partial charge in [0.1, 0.15) is 0 Å². The first-order valence-corrected chi connectivity index (χ1v) is 4.94. The minimum atomic E-state index is 0.934. The first-order valence-electron chi connectivity index (χ1n) is 4.94. The van der Waals surface area contributed by atoms with E-state index in [2.05, 4.69) is 16.0 Å². The molecular formula is C12H13N3O. The number of hydrogen-bond acceptors (Lipinski definition) is 4. The van der Waals surface area contributed by atoms with Gasteiger partial charge in [0.05, 0.1) is 12.8 Å². The van der Waals surface area contributed by atoms with Crippen LogP contribution < -0.4 is 11.0 Å². The molecular weight excluding hydrogens is 202 g/mol. The van der Waals surface area contributed by atoms with Crippen LogP contribution in [0.1, 0.15) is 0 Å². The summed E-state index contributed by atoms with van der Waals surface area (Å²) >= 11 is 0. The highest BCUT2D eigenvalue weighted by Crippen LogP contribution is 2.20. The normalized spacial score (nSPS) is 10.1. The van der Waals surface area contributed by atoms with Gasteiger partial charge in [-0.3, -0.25) is 15.2 Å². The predicted molar refractivity (Wildman–Crippen MR) is 63.4 cm³/mol. The zero-order chi connectivity index (χ0) is 11.2. The zero-order valence-electron chi connectivity index (χ0n) is 8.97. The topological polar surface area (TPSA) is 46.2 Å². The van der Waals surface area contributed by atoms with Crippen molar-refractivity contribution in [2.75, 3.05) is 12.5 Å². The molecule has 0 bridgehead atoms. The second-order valence-corrected chi connectivity index (χ2v) is 3.25. The molecule has 1 heterocycles. The largest absolute Gasteiger partial charge is 0.299 e. The van der Waals surface area contributed by atoms with Crippen LogP contribution in [0.3, 0.4) is 0 Å². The monoisotopic (exact) mass is 215 g/mol. The molecule has 0 atom stereocenters. The Balaban J connectivity index is 2.22. The molecule has 0 radical (unpaired) electrons. The summed E-state index contributed by atoms with van der Waals surface area (Å²) in [7, 11) is 1.55. The lowest BCUT2D eigenvalue weighted by molar-refractivity contribution is 0.111. The van der Waals surface area contributed by atoms with E-state index in [0.29, 0.717) is 0 Å². The lowest BCUT2D eigenvalue weighted by Crippen LogP contribution is -2.19. The van der Waals surface area contributed by atoms with E-state index in [1.807, 2.05) is 42.6 Å². The molecule has 82 valence electrons. The molecule has 0 amide bonds. The molecule has 0 saturated carbocycles. The molecule has 0 aliphatic heterocycles. The summed E-state index contributed by atoms with van der Waals surface area (Å²) in [6.45, 7) is 0. The van der Waals surface area contributed by atoms with Crippen LogP contribution in [-0.2, 0) is 4.84 Å². The number of nitrogens with zero attached hydrogens (tertiary/aromatic N) is 1. The van der Waals surface area contributed by atoms with Crippen molar-refractivity contribution >= 4 is 5.69 Å². The maximum Gasteiger partial charge on any atom is 0.0593 e. The van der Waals surface area contributed by atoms with Gasteiger partial charge in [0.15, 0.2) is 0 Å². The summed E-state index contributed by atoms with van der Waals surface area (Å²) in [5, 5.41) is 0. The first kappa shape index (κ1) is 10.6. The van der Waals surface area contributed by atoms with E-state index in [-0.39, 0.29) is 0 Å². The Bertz CT molecular complexity index is 445. The molecule has 2 N–H and O–H groups in total. The molecule has 0 aliphatic rings. The quantitative estimate of drug-likeness (QED) is 0.768. The predicted octanol–water partition coefficient (Wildman–Crippen LogP) is 2.23. The van der Waals surface area contributed by atoms with Crippen LogP contribution >= 0.6 is 0 Å². The third-order valence-corrected chi connectivity index (χ3v) is 2.15. The molecule has 0 spiro atoms. The van der Waals surface area contributed by atoms with Gasteiger partial charge in [-0.25, -0.2) is 0 Å². The molecule has 1 aromatic heterocycles. The molecule has 0 unspecified atom stereocenters. The van der Waals surface area contributed by atoms with Gasteiger partial charge in [-0.1, -0.05) is 18.2 Å². The van der Waals surface area contributed by atoms with Crippen LogP contribution in [-0.4, -0.2) is 12.1 Å². The van der Waals surface area contributed by atoms with Crippen molar-refractivity contribution in [2.24, 2.45) is 0 Å². The highest BCUT2D eigenvalue weighted by Gasteiger charge is 1.98. The molecule has 4 nitrogen and oxygen atoms in total. The molecule has 0 fully saturated rings. The Morgan fingerprint density at radius 1 is 1.12 bits per heavy atom. The summed E-state index contributed by atoms with van der Waals surface area (Å²) in [5.74, 6) is 0. The number of rotatable bonds is 4. The van der Waals surface area contributed by atoms with Crippen molar-refractivity contribution in [2.45, 2.75) is 0 Å². The van der Waals surface area contributed by atoms with Crippen LogP contribution in [0.5, 0.6) is 0 Å². The van der Waals surface area contributed by atoms with E-state index >= 15 is 0 Å². The van der Waals surface area contributed by atoms with E-state index < -0.39 is 0 Å². The summed E-state index contributed by atoms with van der Waals surface area (Å²) in [5.41, 5.74) is 8.62. The summed E-state index contributed by atoms with van der Waals surface area (Å²) in [6.07, 6.45) is 3.60. The molecule has 2 aromatic rings. The minimum absolute atomic E-state index is 0.934. The SMILES string of the molecule is CONNc1cccc(-c2cccnc2)c1. The Morgan fingerprint density at radius 3 is 2.75 bits per heavy atom.